The van der Waals surface area contributed by atoms with Crippen molar-refractivity contribution in [1.29, 1.82) is 0 Å². The predicted octanol–water partition coefficient (Wildman–Crippen LogP) is 5.12. The summed E-state index contributed by atoms with van der Waals surface area (Å²) >= 11 is 0. The first-order valence-corrected chi connectivity index (χ1v) is 11.8. The number of alkyl halides is 3. The maximum atomic E-state index is 14.6. The first-order valence-electron chi connectivity index (χ1n) is 11.8. The van der Waals surface area contributed by atoms with Gasteiger partial charge < -0.3 is 25.4 Å². The van der Waals surface area contributed by atoms with Crippen molar-refractivity contribution in [2.75, 3.05) is 43.9 Å². The first kappa shape index (κ1) is 27.8. The molecule has 1 aliphatic heterocycles. The van der Waals surface area contributed by atoms with Gasteiger partial charge in [-0.15, -0.1) is 0 Å². The molecule has 4 rings (SSSR count). The Bertz CT molecular complexity index is 1360. The van der Waals surface area contributed by atoms with Crippen LogP contribution in [0.5, 0.6) is 11.5 Å². The fourth-order valence-electron chi connectivity index (χ4n) is 3.98. The molecule has 1 fully saturated rings. The van der Waals surface area contributed by atoms with Gasteiger partial charge in [-0.3, -0.25) is 4.90 Å². The Morgan fingerprint density at radius 1 is 1.00 bits per heavy atom. The van der Waals surface area contributed by atoms with Crippen LogP contribution in [0.2, 0.25) is 0 Å². The number of urea groups is 1. The van der Waals surface area contributed by atoms with E-state index in [1.165, 1.54) is 36.5 Å². The van der Waals surface area contributed by atoms with Crippen molar-refractivity contribution in [3.63, 3.8) is 0 Å². The lowest BCUT2D eigenvalue weighted by Gasteiger charge is -2.33. The summed E-state index contributed by atoms with van der Waals surface area (Å²) in [7, 11) is 1.96. The summed E-state index contributed by atoms with van der Waals surface area (Å²) in [5.74, 6) is -2.01. The van der Waals surface area contributed by atoms with Crippen LogP contribution in [0.3, 0.4) is 0 Å². The van der Waals surface area contributed by atoms with Gasteiger partial charge in [-0.2, -0.15) is 13.2 Å². The molecule has 13 heteroatoms. The molecule has 3 aromatic rings. The number of carbonyl (C=O) groups is 2. The highest BCUT2D eigenvalue weighted by Crippen LogP contribution is 2.35. The van der Waals surface area contributed by atoms with E-state index in [2.05, 4.69) is 20.5 Å². The number of carboxylic acids is 1. The minimum atomic E-state index is -4.63. The van der Waals surface area contributed by atoms with Crippen molar-refractivity contribution in [2.24, 2.45) is 0 Å². The van der Waals surface area contributed by atoms with Gasteiger partial charge in [-0.1, -0.05) is 6.07 Å². The number of rotatable bonds is 7. The predicted molar refractivity (Wildman–Crippen MR) is 135 cm³/mol. The normalized spacial score (nSPS) is 14.6. The summed E-state index contributed by atoms with van der Waals surface area (Å²) < 4.78 is 61.4. The molecule has 1 saturated heterocycles. The molecule has 0 spiro atoms. The number of ether oxygens (including phenoxy) is 1. The fourth-order valence-corrected chi connectivity index (χ4v) is 3.98. The topological polar surface area (TPSA) is 107 Å². The van der Waals surface area contributed by atoms with Crippen LogP contribution in [0.15, 0.2) is 54.7 Å². The molecule has 0 radical (unpaired) electrons. The molecule has 2 aromatic carbocycles. The fraction of sp³-hybridized carbons (Fsp3) is 0.269. The number of hydrogen-bond donors (Lipinski definition) is 3. The Morgan fingerprint density at radius 2 is 1.72 bits per heavy atom. The quantitative estimate of drug-likeness (QED) is 0.353. The SMILES string of the molecule is CN1CCN(Cc2ccc(NC(=O)Nc3ccc(Oc4ccnc(C(=O)O)c4)cc3F)cc2C(F)(F)F)CC1. The number of halogens is 4. The lowest BCUT2D eigenvalue weighted by Crippen LogP contribution is -2.44. The number of anilines is 2. The summed E-state index contributed by atoms with van der Waals surface area (Å²) in [5, 5.41) is 13.6. The van der Waals surface area contributed by atoms with E-state index in [-0.39, 0.29) is 40.7 Å². The van der Waals surface area contributed by atoms with Crippen LogP contribution in [0.4, 0.5) is 33.7 Å². The highest BCUT2D eigenvalue weighted by molar-refractivity contribution is 6.00. The third-order valence-electron chi connectivity index (χ3n) is 6.04. The average Bonchev–Trinajstić information content (AvgIpc) is 2.87. The minimum absolute atomic E-state index is 0.0201. The zero-order valence-electron chi connectivity index (χ0n) is 20.8. The van der Waals surface area contributed by atoms with E-state index in [0.29, 0.717) is 13.1 Å². The van der Waals surface area contributed by atoms with Crippen molar-refractivity contribution in [3.8, 4) is 11.5 Å². The molecular weight excluding hydrogens is 522 g/mol. The average molecular weight is 548 g/mol. The van der Waals surface area contributed by atoms with Crippen LogP contribution in [0.25, 0.3) is 0 Å². The van der Waals surface area contributed by atoms with Gasteiger partial charge in [-0.25, -0.2) is 19.0 Å². The number of nitrogens with one attached hydrogen (secondary N) is 2. The van der Waals surface area contributed by atoms with E-state index in [4.69, 9.17) is 9.84 Å². The number of nitrogens with zero attached hydrogens (tertiary/aromatic N) is 3. The second kappa shape index (κ2) is 11.7. The molecule has 2 amide bonds. The smallest absolute Gasteiger partial charge is 0.416 e. The van der Waals surface area contributed by atoms with Crippen LogP contribution in [0, 0.1) is 5.82 Å². The third kappa shape index (κ3) is 7.42. The molecule has 0 bridgehead atoms. The zero-order valence-corrected chi connectivity index (χ0v) is 20.8. The van der Waals surface area contributed by atoms with Crippen LogP contribution >= 0.6 is 0 Å². The highest BCUT2D eigenvalue weighted by atomic mass is 19.4. The monoisotopic (exact) mass is 547 g/mol. The van der Waals surface area contributed by atoms with Crippen molar-refractivity contribution in [1.82, 2.24) is 14.8 Å². The molecule has 2 heterocycles. The number of aromatic nitrogens is 1. The number of hydrogen-bond acceptors (Lipinski definition) is 6. The van der Waals surface area contributed by atoms with E-state index in [9.17, 15) is 27.2 Å². The Hall–Kier alpha value is -4.23. The number of carboxylic acid groups (broad SMARTS) is 1. The molecule has 1 aliphatic rings. The maximum Gasteiger partial charge on any atom is 0.416 e. The second-order valence-electron chi connectivity index (χ2n) is 8.95. The van der Waals surface area contributed by atoms with E-state index in [0.717, 1.165) is 31.3 Å². The summed E-state index contributed by atoms with van der Waals surface area (Å²) in [6.07, 6.45) is -3.41. The van der Waals surface area contributed by atoms with E-state index in [1.54, 1.807) is 0 Å². The van der Waals surface area contributed by atoms with E-state index in [1.807, 2.05) is 11.9 Å². The van der Waals surface area contributed by atoms with Crippen LogP contribution in [-0.4, -0.2) is 65.1 Å². The van der Waals surface area contributed by atoms with Gasteiger partial charge in [0.2, 0.25) is 0 Å². The molecule has 0 atom stereocenters. The highest BCUT2D eigenvalue weighted by Gasteiger charge is 2.34. The lowest BCUT2D eigenvalue weighted by atomic mass is 10.0. The largest absolute Gasteiger partial charge is 0.477 e. The molecule has 3 N–H and O–H groups in total. The standard InChI is InChI=1S/C26H25F4N5O4/c1-34-8-10-35(11-9-34)15-16-2-3-17(12-20(16)26(28,29)30)32-25(38)33-22-5-4-18(13-21(22)27)39-19-6-7-31-23(14-19)24(36)37/h2-7,12-14H,8-11,15H2,1H3,(H,36,37)(H2,32,33,38). The van der Waals surface area contributed by atoms with E-state index >= 15 is 0 Å². The van der Waals surface area contributed by atoms with Gasteiger partial charge in [0.05, 0.1) is 11.3 Å². The Balaban J connectivity index is 1.41. The summed E-state index contributed by atoms with van der Waals surface area (Å²) in [5.41, 5.74) is -1.36. The molecule has 0 unspecified atom stereocenters. The Kier molecular flexibility index (Phi) is 8.31. The van der Waals surface area contributed by atoms with Crippen molar-refractivity contribution >= 4 is 23.4 Å². The van der Waals surface area contributed by atoms with Gasteiger partial charge in [0.1, 0.15) is 17.3 Å². The van der Waals surface area contributed by atoms with Crippen LogP contribution in [-0.2, 0) is 12.7 Å². The third-order valence-corrected chi connectivity index (χ3v) is 6.04. The van der Waals surface area contributed by atoms with Crippen molar-refractivity contribution in [3.05, 3.63) is 77.4 Å². The molecule has 206 valence electrons. The van der Waals surface area contributed by atoms with Crippen molar-refractivity contribution < 1.29 is 37.0 Å². The second-order valence-corrected chi connectivity index (χ2v) is 8.95. The zero-order chi connectivity index (χ0) is 28.2. The molecule has 9 nitrogen and oxygen atoms in total. The van der Waals surface area contributed by atoms with Crippen molar-refractivity contribution in [2.45, 2.75) is 12.7 Å². The minimum Gasteiger partial charge on any atom is -0.477 e. The number of likely N-dealkylation sites (N-methyl/N-ethyl adjacent to an activating group) is 1. The number of benzene rings is 2. The first-order chi connectivity index (χ1) is 18.5. The van der Waals surface area contributed by atoms with Crippen LogP contribution in [0.1, 0.15) is 21.6 Å². The number of aromatic carboxylic acids is 1. The number of piperazine rings is 1. The molecule has 0 aliphatic carbocycles. The van der Waals surface area contributed by atoms with Gasteiger partial charge in [-0.05, 0) is 42.9 Å². The Morgan fingerprint density at radius 3 is 2.38 bits per heavy atom. The number of pyridine rings is 1. The van der Waals surface area contributed by atoms with E-state index < -0.39 is 29.6 Å². The van der Waals surface area contributed by atoms with Gasteiger partial charge in [0, 0.05) is 56.7 Å². The van der Waals surface area contributed by atoms with Crippen LogP contribution < -0.4 is 15.4 Å². The maximum absolute atomic E-state index is 14.6. The summed E-state index contributed by atoms with van der Waals surface area (Å²) in [6, 6.07) is 8.65. The Labute approximate surface area is 221 Å². The molecule has 0 saturated carbocycles. The molecular formula is C26H25F4N5O4. The molecule has 39 heavy (non-hydrogen) atoms. The van der Waals surface area contributed by atoms with Gasteiger partial charge >= 0.3 is 18.2 Å². The number of amides is 2. The summed E-state index contributed by atoms with van der Waals surface area (Å²) in [4.78, 5) is 31.2. The van der Waals surface area contributed by atoms with Gasteiger partial charge in [0.15, 0.2) is 5.69 Å². The van der Waals surface area contributed by atoms with Gasteiger partial charge in [0.25, 0.3) is 0 Å². The lowest BCUT2D eigenvalue weighted by molar-refractivity contribution is -0.138. The number of carbonyl (C=O) groups excluding carboxylic acids is 1. The molecule has 1 aromatic heterocycles. The summed E-state index contributed by atoms with van der Waals surface area (Å²) in [6.45, 7) is 2.96.